The topological polar surface area (TPSA) is 9.86 Å². The fraction of sp³-hybridized carbons (Fsp3) is 0. The lowest BCUT2D eigenvalue weighted by atomic mass is 9.33. The van der Waals surface area contributed by atoms with Crippen LogP contribution in [0.15, 0.2) is 224 Å². The Morgan fingerprint density at radius 2 is 0.739 bits per heavy atom. The van der Waals surface area contributed by atoms with Crippen molar-refractivity contribution in [3.8, 4) is 33.6 Å². The van der Waals surface area contributed by atoms with Gasteiger partial charge in [0.05, 0.1) is 16.6 Å². The molecule has 2 nitrogen and oxygen atoms in total. The first-order valence-electron chi connectivity index (χ1n) is 24.2. The van der Waals surface area contributed by atoms with Gasteiger partial charge in [0, 0.05) is 43.8 Å². The minimum Gasteiger partial charge on any atom is -0.310 e. The van der Waals surface area contributed by atoms with E-state index >= 15 is 0 Å². The summed E-state index contributed by atoms with van der Waals surface area (Å²) >= 11 is 0. The largest absolute Gasteiger partial charge is 0.310 e. The van der Waals surface area contributed by atoms with Crippen molar-refractivity contribution < 1.29 is 0 Å². The highest BCUT2D eigenvalue weighted by Crippen LogP contribution is 2.48. The summed E-state index contributed by atoms with van der Waals surface area (Å²) in [6, 6.07) is 85.0. The van der Waals surface area contributed by atoms with E-state index in [9.17, 15) is 0 Å². The molecule has 13 aromatic carbocycles. The molecule has 17 rings (SSSR count). The standard InChI is InChI=1S/C66H37BN2/c1-3-16-38(17-4-1)40-30-32-56-51(34-40)53-35-41(39-18-5-2-6-19-39)36-55-65(53)68(56)58-28-15-29-59-63(58)67(55)64-61-49-27-14-12-23-45(49)43-21-8-10-25-47(43)52(61)37-54-62-57(69(59)66(54)64)33-31-50-46-24-9-7-20-42(46)44-22-11-13-26-48(44)60(50)62/h1-37H. The average molecular weight is 869 g/mol. The second-order valence-electron chi connectivity index (χ2n) is 19.4. The molecule has 0 radical (unpaired) electrons. The van der Waals surface area contributed by atoms with Crippen LogP contribution in [0.5, 0.6) is 0 Å². The quantitative estimate of drug-likeness (QED) is 0.121. The van der Waals surface area contributed by atoms with Crippen molar-refractivity contribution in [2.45, 2.75) is 0 Å². The highest BCUT2D eigenvalue weighted by atomic mass is 15.0. The van der Waals surface area contributed by atoms with Gasteiger partial charge in [-0.1, -0.05) is 182 Å². The molecule has 0 saturated carbocycles. The van der Waals surface area contributed by atoms with Crippen LogP contribution in [-0.4, -0.2) is 15.8 Å². The number of benzene rings is 13. The molecule has 0 amide bonds. The first kappa shape index (κ1) is 36.2. The van der Waals surface area contributed by atoms with E-state index in [1.165, 1.54) is 158 Å². The highest BCUT2D eigenvalue weighted by molar-refractivity contribution is 7.02. The van der Waals surface area contributed by atoms with Crippen LogP contribution >= 0.6 is 0 Å². The van der Waals surface area contributed by atoms with Crippen LogP contribution in [-0.2, 0) is 0 Å². The van der Waals surface area contributed by atoms with Gasteiger partial charge in [-0.25, -0.2) is 0 Å². The van der Waals surface area contributed by atoms with Gasteiger partial charge in [-0.15, -0.1) is 0 Å². The molecule has 2 aliphatic rings. The zero-order valence-electron chi connectivity index (χ0n) is 37.3. The van der Waals surface area contributed by atoms with Crippen LogP contribution in [0.3, 0.4) is 0 Å². The molecule has 69 heavy (non-hydrogen) atoms. The van der Waals surface area contributed by atoms with Gasteiger partial charge in [0.1, 0.15) is 0 Å². The molecule has 0 N–H and O–H groups in total. The normalized spacial score (nSPS) is 12.9. The summed E-state index contributed by atoms with van der Waals surface area (Å²) in [4.78, 5) is 0. The van der Waals surface area contributed by atoms with Gasteiger partial charge in [-0.3, -0.25) is 0 Å². The summed E-state index contributed by atoms with van der Waals surface area (Å²) in [5.41, 5.74) is 16.6. The second-order valence-corrected chi connectivity index (χ2v) is 19.4. The third-order valence-electron chi connectivity index (χ3n) is 16.2. The van der Waals surface area contributed by atoms with Gasteiger partial charge in [0.15, 0.2) is 0 Å². The predicted octanol–water partition coefficient (Wildman–Crippen LogP) is 15.3. The van der Waals surface area contributed by atoms with Crippen LogP contribution in [0.4, 0.5) is 0 Å². The minimum absolute atomic E-state index is 0.0656. The summed E-state index contributed by atoms with van der Waals surface area (Å²) in [6.07, 6.45) is 0. The lowest BCUT2D eigenvalue weighted by Gasteiger charge is -2.35. The van der Waals surface area contributed by atoms with Gasteiger partial charge in [-0.05, 0) is 140 Å². The maximum Gasteiger partial charge on any atom is 0.253 e. The molecule has 0 unspecified atom stereocenters. The van der Waals surface area contributed by atoms with Crippen LogP contribution in [0, 0.1) is 0 Å². The molecular weight excluding hydrogens is 832 g/mol. The van der Waals surface area contributed by atoms with Gasteiger partial charge >= 0.3 is 0 Å². The average Bonchev–Trinajstić information content (AvgIpc) is 3.94. The summed E-state index contributed by atoms with van der Waals surface area (Å²) in [5, 5.41) is 20.8. The Bertz CT molecular complexity index is 4790. The molecular formula is C66H37BN2. The lowest BCUT2D eigenvalue weighted by Crippen LogP contribution is -2.59. The van der Waals surface area contributed by atoms with E-state index in [1.807, 2.05) is 0 Å². The van der Waals surface area contributed by atoms with E-state index in [4.69, 9.17) is 0 Å². The Kier molecular flexibility index (Phi) is 6.80. The number of hydrogen-bond donors (Lipinski definition) is 0. The molecule has 4 heterocycles. The lowest BCUT2D eigenvalue weighted by molar-refractivity contribution is 1.14. The van der Waals surface area contributed by atoms with Gasteiger partial charge in [0.25, 0.3) is 6.71 Å². The highest BCUT2D eigenvalue weighted by Gasteiger charge is 2.43. The van der Waals surface area contributed by atoms with Gasteiger partial charge in [0.2, 0.25) is 0 Å². The molecule has 0 saturated heterocycles. The van der Waals surface area contributed by atoms with Crippen LogP contribution in [0.1, 0.15) is 0 Å². The summed E-state index contributed by atoms with van der Waals surface area (Å²) < 4.78 is 5.28. The molecule has 0 fully saturated rings. The van der Waals surface area contributed by atoms with Crippen LogP contribution in [0.2, 0.25) is 0 Å². The molecule has 3 heteroatoms. The zero-order valence-corrected chi connectivity index (χ0v) is 37.3. The Morgan fingerprint density at radius 1 is 0.246 bits per heavy atom. The molecule has 2 aliphatic heterocycles. The van der Waals surface area contributed by atoms with Crippen molar-refractivity contribution in [3.63, 3.8) is 0 Å². The number of hydrogen-bond acceptors (Lipinski definition) is 0. The second kappa shape index (κ2) is 12.9. The van der Waals surface area contributed by atoms with Gasteiger partial charge < -0.3 is 9.13 Å². The maximum absolute atomic E-state index is 2.67. The number of rotatable bonds is 2. The fourth-order valence-electron chi connectivity index (χ4n) is 13.6. The Morgan fingerprint density at radius 3 is 1.38 bits per heavy atom. The van der Waals surface area contributed by atoms with Crippen LogP contribution in [0.25, 0.3) is 142 Å². The Hall–Kier alpha value is -8.92. The van der Waals surface area contributed by atoms with Crippen molar-refractivity contribution in [1.82, 2.24) is 9.13 Å². The summed E-state index contributed by atoms with van der Waals surface area (Å²) in [5.74, 6) is 0. The Labute approximate surface area is 396 Å². The molecule has 314 valence electrons. The minimum atomic E-state index is -0.0656. The van der Waals surface area contributed by atoms with Crippen molar-refractivity contribution in [1.29, 1.82) is 0 Å². The SMILES string of the molecule is c1ccc(-c2ccc3c(c2)c2cc(-c4ccccc4)cc4c2n3-c2cccc3c2B4c2c4c5ccccc5c5ccccc5c4cc4c5c6c7ccccc7c7ccccc7c6ccc5n-3c24)cc1. The smallest absolute Gasteiger partial charge is 0.253 e. The maximum atomic E-state index is 2.67. The summed E-state index contributed by atoms with van der Waals surface area (Å²) in [7, 11) is 0. The number of aromatic nitrogens is 2. The first-order chi connectivity index (χ1) is 34.3. The fourth-order valence-corrected chi connectivity index (χ4v) is 13.6. The van der Waals surface area contributed by atoms with E-state index in [1.54, 1.807) is 0 Å². The Balaban J connectivity index is 1.14. The van der Waals surface area contributed by atoms with E-state index in [0.29, 0.717) is 0 Å². The summed E-state index contributed by atoms with van der Waals surface area (Å²) in [6.45, 7) is -0.0656. The molecule has 0 atom stereocenters. The van der Waals surface area contributed by atoms with Gasteiger partial charge in [-0.2, -0.15) is 0 Å². The molecule has 0 bridgehead atoms. The van der Waals surface area contributed by atoms with E-state index in [0.717, 1.165) is 0 Å². The molecule has 0 aliphatic carbocycles. The van der Waals surface area contributed by atoms with Crippen molar-refractivity contribution in [2.75, 3.05) is 0 Å². The first-order valence-corrected chi connectivity index (χ1v) is 24.2. The number of nitrogens with zero attached hydrogens (tertiary/aromatic N) is 2. The van der Waals surface area contributed by atoms with Crippen molar-refractivity contribution in [3.05, 3.63) is 224 Å². The molecule has 2 aromatic heterocycles. The molecule has 0 spiro atoms. The number of fused-ring (bicyclic) bond motifs is 24. The van der Waals surface area contributed by atoms with Crippen molar-refractivity contribution >= 4 is 131 Å². The molecule has 15 aromatic rings. The monoisotopic (exact) mass is 868 g/mol. The van der Waals surface area contributed by atoms with E-state index in [2.05, 4.69) is 234 Å². The third kappa shape index (κ3) is 4.49. The van der Waals surface area contributed by atoms with E-state index in [-0.39, 0.29) is 6.71 Å². The van der Waals surface area contributed by atoms with Crippen LogP contribution < -0.4 is 16.4 Å². The zero-order chi connectivity index (χ0) is 44.6. The predicted molar refractivity (Wildman–Crippen MR) is 296 cm³/mol. The van der Waals surface area contributed by atoms with E-state index < -0.39 is 0 Å². The third-order valence-corrected chi connectivity index (χ3v) is 16.2. The van der Waals surface area contributed by atoms with Crippen molar-refractivity contribution in [2.24, 2.45) is 0 Å².